The van der Waals surface area contributed by atoms with Gasteiger partial charge in [-0.25, -0.2) is 0 Å². The van der Waals surface area contributed by atoms with Crippen molar-refractivity contribution in [1.29, 1.82) is 0 Å². The lowest BCUT2D eigenvalue weighted by atomic mass is 9.98. The average Bonchev–Trinajstić information content (AvgIpc) is 2.40. The predicted octanol–water partition coefficient (Wildman–Crippen LogP) is 1.72. The number of β-amino-alcohol motifs (C(OH)–C–C–N with tert-alkyl or cyclic N) is 1. The molecule has 19 heavy (non-hydrogen) atoms. The third kappa shape index (κ3) is 3.69. The van der Waals surface area contributed by atoms with E-state index in [1.165, 1.54) is 0 Å². The Labute approximate surface area is 114 Å². The largest absolute Gasteiger partial charge is 0.389 e. The number of hydrogen-bond donors (Lipinski definition) is 2. The smallest absolute Gasteiger partial charge is 0.0948 e. The highest BCUT2D eigenvalue weighted by Crippen LogP contribution is 2.33. The Hall–Kier alpha value is -1.10. The first-order chi connectivity index (χ1) is 9.08. The van der Waals surface area contributed by atoms with Gasteiger partial charge in [-0.3, -0.25) is 0 Å². The summed E-state index contributed by atoms with van der Waals surface area (Å²) in [5.41, 5.74) is 1.97. The van der Waals surface area contributed by atoms with Crippen molar-refractivity contribution in [2.45, 2.75) is 38.6 Å². The van der Waals surface area contributed by atoms with Crippen LogP contribution in [-0.4, -0.2) is 42.1 Å². The molecule has 1 heterocycles. The molecule has 4 nitrogen and oxygen atoms in total. The molecular formula is C15H23NO3. The molecule has 0 fully saturated rings. The number of hydrogen-bond acceptors (Lipinski definition) is 4. The average molecular weight is 265 g/mol. The molecule has 2 atom stereocenters. The number of anilines is 1. The van der Waals surface area contributed by atoms with Gasteiger partial charge in [0.05, 0.1) is 24.9 Å². The second-order valence-corrected chi connectivity index (χ2v) is 5.35. The lowest BCUT2D eigenvalue weighted by Gasteiger charge is -2.35. The highest BCUT2D eigenvalue weighted by atomic mass is 16.5. The van der Waals surface area contributed by atoms with Gasteiger partial charge in [-0.15, -0.1) is 0 Å². The highest BCUT2D eigenvalue weighted by molar-refractivity contribution is 5.56. The highest BCUT2D eigenvalue weighted by Gasteiger charge is 2.24. The van der Waals surface area contributed by atoms with E-state index in [-0.39, 0.29) is 6.10 Å². The Morgan fingerprint density at radius 3 is 2.84 bits per heavy atom. The predicted molar refractivity (Wildman–Crippen MR) is 75.3 cm³/mol. The van der Waals surface area contributed by atoms with Crippen LogP contribution >= 0.6 is 0 Å². The van der Waals surface area contributed by atoms with Crippen LogP contribution in [0.5, 0.6) is 0 Å². The minimum atomic E-state index is -0.509. The third-order valence-corrected chi connectivity index (χ3v) is 3.36. The van der Waals surface area contributed by atoms with Crippen LogP contribution in [0.3, 0.4) is 0 Å². The van der Waals surface area contributed by atoms with Crippen LogP contribution < -0.4 is 4.90 Å². The zero-order chi connectivity index (χ0) is 13.8. The van der Waals surface area contributed by atoms with E-state index in [9.17, 15) is 10.2 Å². The van der Waals surface area contributed by atoms with Crippen LogP contribution in [0.4, 0.5) is 5.69 Å². The first kappa shape index (κ1) is 14.3. The van der Waals surface area contributed by atoms with Gasteiger partial charge in [0.2, 0.25) is 0 Å². The number of aliphatic hydroxyl groups excluding tert-OH is 2. The van der Waals surface area contributed by atoms with Crippen LogP contribution in [0.25, 0.3) is 0 Å². The zero-order valence-electron chi connectivity index (χ0n) is 11.6. The standard InChI is InChI=1S/C15H23NO3/c1-11(2)19-10-12(17)9-16-8-7-15(18)13-5-3-4-6-14(13)16/h3-6,11-12,15,17-18H,7-10H2,1-2H3. The van der Waals surface area contributed by atoms with Gasteiger partial charge in [-0.1, -0.05) is 18.2 Å². The third-order valence-electron chi connectivity index (χ3n) is 3.36. The van der Waals surface area contributed by atoms with Crippen molar-refractivity contribution in [3.8, 4) is 0 Å². The molecule has 0 bridgehead atoms. The van der Waals surface area contributed by atoms with E-state index in [1.54, 1.807) is 0 Å². The Balaban J connectivity index is 2.00. The van der Waals surface area contributed by atoms with Crippen LogP contribution in [0.2, 0.25) is 0 Å². The van der Waals surface area contributed by atoms with Crippen LogP contribution in [0, 0.1) is 0 Å². The van der Waals surface area contributed by atoms with Crippen LogP contribution in [0.15, 0.2) is 24.3 Å². The zero-order valence-corrected chi connectivity index (χ0v) is 11.6. The normalized spacial score (nSPS) is 20.5. The topological polar surface area (TPSA) is 52.9 Å². The van der Waals surface area contributed by atoms with E-state index < -0.39 is 12.2 Å². The van der Waals surface area contributed by atoms with Crippen molar-refractivity contribution in [2.24, 2.45) is 0 Å². The second-order valence-electron chi connectivity index (χ2n) is 5.35. The number of nitrogens with zero attached hydrogens (tertiary/aromatic N) is 1. The molecule has 2 N–H and O–H groups in total. The SMILES string of the molecule is CC(C)OCC(O)CN1CCC(O)c2ccccc21. The molecule has 106 valence electrons. The molecule has 2 unspecified atom stereocenters. The van der Waals surface area contributed by atoms with Crippen molar-refractivity contribution in [3.05, 3.63) is 29.8 Å². The molecule has 0 saturated heterocycles. The van der Waals surface area contributed by atoms with Gasteiger partial charge in [-0.05, 0) is 26.3 Å². The molecule has 1 aromatic carbocycles. The fourth-order valence-corrected chi connectivity index (χ4v) is 2.41. The number of ether oxygens (including phenoxy) is 1. The number of rotatable bonds is 5. The second kappa shape index (κ2) is 6.37. The maximum Gasteiger partial charge on any atom is 0.0948 e. The number of aliphatic hydroxyl groups is 2. The van der Waals surface area contributed by atoms with E-state index >= 15 is 0 Å². The van der Waals surface area contributed by atoms with Crippen molar-refractivity contribution in [1.82, 2.24) is 0 Å². The van der Waals surface area contributed by atoms with Crippen molar-refractivity contribution < 1.29 is 14.9 Å². The summed E-state index contributed by atoms with van der Waals surface area (Å²) < 4.78 is 5.43. The van der Waals surface area contributed by atoms with Gasteiger partial charge in [-0.2, -0.15) is 0 Å². The van der Waals surface area contributed by atoms with E-state index in [4.69, 9.17) is 4.74 Å². The summed E-state index contributed by atoms with van der Waals surface area (Å²) in [6, 6.07) is 7.83. The Kier molecular flexibility index (Phi) is 4.80. The van der Waals surface area contributed by atoms with Gasteiger partial charge in [0.25, 0.3) is 0 Å². The summed E-state index contributed by atoms with van der Waals surface area (Å²) in [4.78, 5) is 2.12. The summed E-state index contributed by atoms with van der Waals surface area (Å²) in [7, 11) is 0. The molecule has 0 saturated carbocycles. The van der Waals surface area contributed by atoms with Gasteiger partial charge >= 0.3 is 0 Å². The quantitative estimate of drug-likeness (QED) is 0.851. The molecule has 1 aliphatic heterocycles. The fraction of sp³-hybridized carbons (Fsp3) is 0.600. The van der Waals surface area contributed by atoms with E-state index in [2.05, 4.69) is 4.90 Å². The molecule has 0 aliphatic carbocycles. The molecular weight excluding hydrogens is 242 g/mol. The van der Waals surface area contributed by atoms with Gasteiger partial charge in [0, 0.05) is 24.3 Å². The summed E-state index contributed by atoms with van der Waals surface area (Å²) in [5, 5.41) is 20.0. The van der Waals surface area contributed by atoms with Gasteiger partial charge in [0.1, 0.15) is 0 Å². The molecule has 0 amide bonds. The molecule has 4 heteroatoms. The van der Waals surface area contributed by atoms with Crippen molar-refractivity contribution >= 4 is 5.69 Å². The lowest BCUT2D eigenvalue weighted by Crippen LogP contribution is -2.39. The van der Waals surface area contributed by atoms with Crippen LogP contribution in [0.1, 0.15) is 31.9 Å². The number of benzene rings is 1. The van der Waals surface area contributed by atoms with Gasteiger partial charge < -0.3 is 19.8 Å². The number of para-hydroxylation sites is 1. The first-order valence-corrected chi connectivity index (χ1v) is 6.89. The maximum absolute atomic E-state index is 10.0. The Bertz CT molecular complexity index is 408. The van der Waals surface area contributed by atoms with Crippen molar-refractivity contribution in [2.75, 3.05) is 24.6 Å². The summed E-state index contributed by atoms with van der Waals surface area (Å²) in [5.74, 6) is 0. The monoisotopic (exact) mass is 265 g/mol. The summed E-state index contributed by atoms with van der Waals surface area (Å²) >= 11 is 0. The molecule has 1 aliphatic rings. The van der Waals surface area contributed by atoms with Crippen LogP contribution in [-0.2, 0) is 4.74 Å². The van der Waals surface area contributed by atoms with Gasteiger partial charge in [0.15, 0.2) is 0 Å². The summed E-state index contributed by atoms with van der Waals surface area (Å²) in [6.07, 6.45) is -0.0679. The van der Waals surface area contributed by atoms with Crippen molar-refractivity contribution in [3.63, 3.8) is 0 Å². The Morgan fingerprint density at radius 2 is 2.11 bits per heavy atom. The lowest BCUT2D eigenvalue weighted by molar-refractivity contribution is 0.00844. The molecule has 1 aromatic rings. The fourth-order valence-electron chi connectivity index (χ4n) is 2.41. The van der Waals surface area contributed by atoms with E-state index in [1.807, 2.05) is 38.1 Å². The molecule has 0 spiro atoms. The summed E-state index contributed by atoms with van der Waals surface area (Å²) in [6.45, 7) is 5.56. The minimum absolute atomic E-state index is 0.130. The van der Waals surface area contributed by atoms with E-state index in [0.29, 0.717) is 19.6 Å². The van der Waals surface area contributed by atoms with E-state index in [0.717, 1.165) is 17.8 Å². The Morgan fingerprint density at radius 1 is 1.37 bits per heavy atom. The minimum Gasteiger partial charge on any atom is -0.389 e. The first-order valence-electron chi connectivity index (χ1n) is 6.89. The maximum atomic E-state index is 10.0. The molecule has 2 rings (SSSR count). The molecule has 0 aromatic heterocycles. The molecule has 0 radical (unpaired) electrons. The number of fused-ring (bicyclic) bond motifs is 1.